The van der Waals surface area contributed by atoms with Crippen molar-refractivity contribution in [2.45, 2.75) is 19.5 Å². The van der Waals surface area contributed by atoms with Crippen LogP contribution in [0.15, 0.2) is 17.4 Å². The molecule has 0 unspecified atom stereocenters. The van der Waals surface area contributed by atoms with Crippen LogP contribution >= 0.6 is 11.6 Å². The van der Waals surface area contributed by atoms with Gasteiger partial charge in [-0.3, -0.25) is 14.5 Å². The van der Waals surface area contributed by atoms with Crippen LogP contribution in [0.25, 0.3) is 0 Å². The summed E-state index contributed by atoms with van der Waals surface area (Å²) in [4.78, 5) is 30.7. The van der Waals surface area contributed by atoms with Crippen molar-refractivity contribution >= 4 is 35.1 Å². The molecule has 1 saturated heterocycles. The lowest BCUT2D eigenvalue weighted by Crippen LogP contribution is -2.49. The number of esters is 1. The van der Waals surface area contributed by atoms with Gasteiger partial charge in [-0.05, 0) is 13.0 Å². The van der Waals surface area contributed by atoms with Gasteiger partial charge < -0.3 is 15.4 Å². The first-order chi connectivity index (χ1) is 14.1. The molecule has 1 aromatic rings. The van der Waals surface area contributed by atoms with E-state index in [1.165, 1.54) is 0 Å². The fourth-order valence-electron chi connectivity index (χ4n) is 2.71. The summed E-state index contributed by atoms with van der Waals surface area (Å²) in [6, 6.07) is 0.850. The Bertz CT molecular complexity index is 797. The van der Waals surface area contributed by atoms with Gasteiger partial charge in [-0.15, -0.1) is 0 Å². The number of hydrogen-bond donors (Lipinski definition) is 2. The first-order valence-electron chi connectivity index (χ1n) is 9.06. The van der Waals surface area contributed by atoms with Gasteiger partial charge in [-0.1, -0.05) is 11.6 Å². The van der Waals surface area contributed by atoms with E-state index in [9.17, 15) is 22.8 Å². The first kappa shape index (κ1) is 23.7. The molecule has 0 bridgehead atoms. The predicted molar refractivity (Wildman–Crippen MR) is 104 cm³/mol. The van der Waals surface area contributed by atoms with E-state index < -0.39 is 23.6 Å². The Kier molecular flexibility index (Phi) is 8.24. The zero-order chi connectivity index (χ0) is 22.3. The number of nitrogens with one attached hydrogen (secondary N) is 1. The molecule has 0 saturated carbocycles. The van der Waals surface area contributed by atoms with Crippen LogP contribution in [0, 0.1) is 0 Å². The molecule has 13 heteroatoms. The van der Waals surface area contributed by atoms with Gasteiger partial charge in [-0.2, -0.15) is 18.3 Å². The smallest absolute Gasteiger partial charge is 0.417 e. The highest BCUT2D eigenvalue weighted by molar-refractivity contribution is 6.33. The van der Waals surface area contributed by atoms with Crippen molar-refractivity contribution in [3.05, 3.63) is 22.8 Å². The summed E-state index contributed by atoms with van der Waals surface area (Å²) in [5.41, 5.74) is 6.91. The molecule has 0 aliphatic carbocycles. The first-order valence-corrected chi connectivity index (χ1v) is 9.44. The number of halogens is 4. The van der Waals surface area contributed by atoms with E-state index in [0.717, 1.165) is 12.3 Å². The van der Waals surface area contributed by atoms with E-state index in [1.807, 2.05) is 4.90 Å². The Labute approximate surface area is 176 Å². The summed E-state index contributed by atoms with van der Waals surface area (Å²) in [5.74, 6) is -0.764. The summed E-state index contributed by atoms with van der Waals surface area (Å²) < 4.78 is 42.9. The molecule has 0 aromatic carbocycles. The average Bonchev–Trinajstić information content (AvgIpc) is 2.66. The van der Waals surface area contributed by atoms with E-state index in [2.05, 4.69) is 15.5 Å². The lowest BCUT2D eigenvalue weighted by atomic mass is 10.2. The lowest BCUT2D eigenvalue weighted by molar-refractivity contribution is -0.141. The molecule has 2 heterocycles. The molecule has 0 spiro atoms. The number of hydrogen-bond acceptors (Lipinski definition) is 7. The maximum atomic E-state index is 12.7. The van der Waals surface area contributed by atoms with Crippen LogP contribution in [0.2, 0.25) is 5.02 Å². The molecule has 30 heavy (non-hydrogen) atoms. The van der Waals surface area contributed by atoms with Crippen LogP contribution < -0.4 is 16.1 Å². The minimum absolute atomic E-state index is 0.0399. The van der Waals surface area contributed by atoms with Crippen molar-refractivity contribution in [2.24, 2.45) is 10.8 Å². The van der Waals surface area contributed by atoms with Crippen molar-refractivity contribution in [1.82, 2.24) is 15.3 Å². The Morgan fingerprint density at radius 2 is 2.00 bits per heavy atom. The average molecular weight is 451 g/mol. The largest absolute Gasteiger partial charge is 0.466 e. The molecule has 0 radical (unpaired) electrons. The Hall–Kier alpha value is -2.60. The van der Waals surface area contributed by atoms with Gasteiger partial charge in [-0.25, -0.2) is 10.4 Å². The fraction of sp³-hybridized carbons (Fsp3) is 0.529. The molecule has 3 N–H and O–H groups in total. The number of nitrogens with zero attached hydrogens (tertiary/aromatic N) is 4. The fourth-order valence-corrected chi connectivity index (χ4v) is 2.99. The van der Waals surface area contributed by atoms with E-state index in [-0.39, 0.29) is 36.2 Å². The van der Waals surface area contributed by atoms with Crippen molar-refractivity contribution in [3.63, 3.8) is 0 Å². The van der Waals surface area contributed by atoms with Gasteiger partial charge in [0, 0.05) is 32.4 Å². The number of rotatable bonds is 7. The minimum Gasteiger partial charge on any atom is -0.466 e. The molecular weight excluding hydrogens is 429 g/mol. The molecule has 1 aromatic heterocycles. The molecule has 1 aliphatic heterocycles. The molecule has 166 valence electrons. The highest BCUT2D eigenvalue weighted by Crippen LogP contribution is 2.33. The number of ether oxygens (including phenoxy) is 1. The van der Waals surface area contributed by atoms with Gasteiger partial charge in [0.25, 0.3) is 5.91 Å². The van der Waals surface area contributed by atoms with Gasteiger partial charge in [0.05, 0.1) is 23.7 Å². The third-order valence-corrected chi connectivity index (χ3v) is 4.42. The highest BCUT2D eigenvalue weighted by Gasteiger charge is 2.32. The molecular formula is C17H22ClF3N6O3. The zero-order valence-electron chi connectivity index (χ0n) is 16.2. The van der Waals surface area contributed by atoms with Gasteiger partial charge in [0.2, 0.25) is 0 Å². The number of pyridine rings is 1. The third-order valence-electron chi connectivity index (χ3n) is 4.14. The second kappa shape index (κ2) is 10.4. The van der Waals surface area contributed by atoms with Crippen molar-refractivity contribution < 1.29 is 27.5 Å². The molecule has 1 aliphatic rings. The minimum atomic E-state index is -4.51. The van der Waals surface area contributed by atoms with Crippen molar-refractivity contribution in [2.75, 3.05) is 44.2 Å². The van der Waals surface area contributed by atoms with E-state index in [4.69, 9.17) is 22.1 Å². The van der Waals surface area contributed by atoms with Gasteiger partial charge >= 0.3 is 12.1 Å². The zero-order valence-corrected chi connectivity index (χ0v) is 17.0. The Morgan fingerprint density at radius 3 is 2.57 bits per heavy atom. The number of alkyl halides is 3. The number of nitrogens with two attached hydrogens (primary N) is 1. The van der Waals surface area contributed by atoms with Crippen molar-refractivity contribution in [3.8, 4) is 0 Å². The van der Waals surface area contributed by atoms with Crippen LogP contribution in [0.4, 0.5) is 19.0 Å². The monoisotopic (exact) mass is 450 g/mol. The van der Waals surface area contributed by atoms with Crippen LogP contribution in [0.3, 0.4) is 0 Å². The summed E-state index contributed by atoms with van der Waals surface area (Å²) >= 11 is 5.97. The second-order valence-corrected chi connectivity index (χ2v) is 6.82. The van der Waals surface area contributed by atoms with E-state index >= 15 is 0 Å². The molecule has 1 fully saturated rings. The third kappa shape index (κ3) is 7.02. The maximum absolute atomic E-state index is 12.7. The maximum Gasteiger partial charge on any atom is 0.417 e. The summed E-state index contributed by atoms with van der Waals surface area (Å²) in [6.07, 6.45) is -3.99. The number of hydrazone groups is 1. The van der Waals surface area contributed by atoms with Crippen LogP contribution in [0.5, 0.6) is 0 Å². The summed E-state index contributed by atoms with van der Waals surface area (Å²) in [6.45, 7) is 3.71. The standard InChI is InChI=1S/C17H22ClF3N6O3/c1-2-30-15(29)8-13(22)24-25-14(28)10-26-3-5-27(6-4-26)16-12(18)7-11(9-23-16)17(19,20)21/h7,9H,2-6,8,10H2,1H3,(H2,22,24)(H,25,28). The summed E-state index contributed by atoms with van der Waals surface area (Å²) in [7, 11) is 0. The molecule has 0 atom stereocenters. The van der Waals surface area contributed by atoms with E-state index in [0.29, 0.717) is 26.2 Å². The molecule has 2 rings (SSSR count). The second-order valence-electron chi connectivity index (χ2n) is 6.41. The quantitative estimate of drug-likeness (QED) is 0.278. The number of carbonyl (C=O) groups is 2. The SMILES string of the molecule is CCOC(=O)CC(N)=NNC(=O)CN1CCN(c2ncc(C(F)(F)F)cc2Cl)CC1. The number of aromatic nitrogens is 1. The number of carbonyl (C=O) groups excluding carboxylic acids is 2. The van der Waals surface area contributed by atoms with Crippen LogP contribution in [0.1, 0.15) is 18.9 Å². The van der Waals surface area contributed by atoms with Gasteiger partial charge in [0.1, 0.15) is 18.1 Å². The van der Waals surface area contributed by atoms with Crippen molar-refractivity contribution in [1.29, 1.82) is 0 Å². The Morgan fingerprint density at radius 1 is 1.33 bits per heavy atom. The Balaban J connectivity index is 1.82. The topological polar surface area (TPSA) is 113 Å². The van der Waals surface area contributed by atoms with E-state index in [1.54, 1.807) is 11.8 Å². The lowest BCUT2D eigenvalue weighted by Gasteiger charge is -2.35. The summed E-state index contributed by atoms with van der Waals surface area (Å²) in [5, 5.41) is 3.57. The highest BCUT2D eigenvalue weighted by atomic mass is 35.5. The number of piperazine rings is 1. The molecule has 9 nitrogen and oxygen atoms in total. The molecule has 1 amide bonds. The normalized spacial score (nSPS) is 15.8. The van der Waals surface area contributed by atoms with Crippen LogP contribution in [-0.2, 0) is 20.5 Å². The van der Waals surface area contributed by atoms with Gasteiger partial charge in [0.15, 0.2) is 0 Å². The van der Waals surface area contributed by atoms with Crippen LogP contribution in [-0.4, -0.2) is 66.9 Å². The number of anilines is 1. The predicted octanol–water partition coefficient (Wildman–Crippen LogP) is 1.22. The number of amidine groups is 1. The number of amides is 1.